The molecule has 0 aliphatic rings. The first-order valence-corrected chi connectivity index (χ1v) is 5.11. The van der Waals surface area contributed by atoms with E-state index in [9.17, 15) is 14.4 Å². The van der Waals surface area contributed by atoms with Crippen molar-refractivity contribution < 1.29 is 19.5 Å². The molecular formula is C10H14N4O4. The topological polar surface area (TPSA) is 137 Å². The van der Waals surface area contributed by atoms with Gasteiger partial charge in [-0.3, -0.25) is 4.79 Å². The summed E-state index contributed by atoms with van der Waals surface area (Å²) in [6.07, 6.45) is 1.37. The molecule has 3 amide bonds. The summed E-state index contributed by atoms with van der Waals surface area (Å²) in [5, 5.41) is 13.6. The van der Waals surface area contributed by atoms with E-state index in [0.717, 1.165) is 0 Å². The SMILES string of the molecule is Cc1[nH]cc(NC(=O)C(C)NC(N)=O)c1C(=O)O. The number of aromatic nitrogens is 1. The Morgan fingerprint density at radius 1 is 1.44 bits per heavy atom. The van der Waals surface area contributed by atoms with Gasteiger partial charge in [-0.2, -0.15) is 0 Å². The van der Waals surface area contributed by atoms with Crippen LogP contribution in [0, 0.1) is 6.92 Å². The summed E-state index contributed by atoms with van der Waals surface area (Å²) in [5.74, 6) is -1.71. The zero-order valence-electron chi connectivity index (χ0n) is 9.90. The molecule has 98 valence electrons. The van der Waals surface area contributed by atoms with Gasteiger partial charge < -0.3 is 26.5 Å². The number of aromatic amines is 1. The van der Waals surface area contributed by atoms with Gasteiger partial charge in [0.15, 0.2) is 0 Å². The minimum Gasteiger partial charge on any atom is -0.478 e. The number of H-pyrrole nitrogens is 1. The fourth-order valence-corrected chi connectivity index (χ4v) is 1.42. The van der Waals surface area contributed by atoms with Crippen LogP contribution in [0.3, 0.4) is 0 Å². The first-order valence-electron chi connectivity index (χ1n) is 5.11. The quantitative estimate of drug-likeness (QED) is 0.517. The molecule has 0 radical (unpaired) electrons. The number of nitrogens with two attached hydrogens (primary N) is 1. The van der Waals surface area contributed by atoms with Crippen LogP contribution in [0.15, 0.2) is 6.20 Å². The molecule has 1 atom stereocenters. The van der Waals surface area contributed by atoms with Crippen molar-refractivity contribution in [1.82, 2.24) is 10.3 Å². The zero-order chi connectivity index (χ0) is 13.9. The molecule has 8 nitrogen and oxygen atoms in total. The molecule has 1 aromatic rings. The second-order valence-electron chi connectivity index (χ2n) is 3.73. The van der Waals surface area contributed by atoms with E-state index >= 15 is 0 Å². The third-order valence-electron chi connectivity index (χ3n) is 2.30. The molecule has 0 aliphatic carbocycles. The van der Waals surface area contributed by atoms with E-state index in [0.29, 0.717) is 5.69 Å². The minimum atomic E-state index is -1.15. The van der Waals surface area contributed by atoms with Crippen LogP contribution in [-0.4, -0.2) is 34.0 Å². The summed E-state index contributed by atoms with van der Waals surface area (Å²) in [5.41, 5.74) is 5.42. The maximum absolute atomic E-state index is 11.6. The third-order valence-corrected chi connectivity index (χ3v) is 2.30. The van der Waals surface area contributed by atoms with Crippen molar-refractivity contribution in [3.05, 3.63) is 17.5 Å². The highest BCUT2D eigenvalue weighted by molar-refractivity contribution is 6.03. The van der Waals surface area contributed by atoms with Crippen molar-refractivity contribution in [3.8, 4) is 0 Å². The first-order chi connectivity index (χ1) is 8.32. The number of aromatic carboxylic acids is 1. The molecule has 0 spiro atoms. The Hall–Kier alpha value is -2.51. The second-order valence-corrected chi connectivity index (χ2v) is 3.73. The molecule has 18 heavy (non-hydrogen) atoms. The third kappa shape index (κ3) is 3.00. The molecule has 6 N–H and O–H groups in total. The molecule has 1 unspecified atom stereocenters. The van der Waals surface area contributed by atoms with Crippen LogP contribution < -0.4 is 16.4 Å². The van der Waals surface area contributed by atoms with Crippen molar-refractivity contribution in [2.24, 2.45) is 5.73 Å². The molecule has 1 rings (SSSR count). The van der Waals surface area contributed by atoms with Gasteiger partial charge in [-0.25, -0.2) is 9.59 Å². The van der Waals surface area contributed by atoms with Crippen LogP contribution >= 0.6 is 0 Å². The van der Waals surface area contributed by atoms with Gasteiger partial charge in [0, 0.05) is 11.9 Å². The number of primary amides is 1. The summed E-state index contributed by atoms with van der Waals surface area (Å²) in [6.45, 7) is 3.00. The van der Waals surface area contributed by atoms with Crippen molar-refractivity contribution in [2.45, 2.75) is 19.9 Å². The summed E-state index contributed by atoms with van der Waals surface area (Å²) < 4.78 is 0. The Morgan fingerprint density at radius 2 is 2.06 bits per heavy atom. The molecule has 0 bridgehead atoms. The molecule has 8 heteroatoms. The summed E-state index contributed by atoms with van der Waals surface area (Å²) in [4.78, 5) is 35.9. The lowest BCUT2D eigenvalue weighted by atomic mass is 10.2. The van der Waals surface area contributed by atoms with Crippen LogP contribution in [0.5, 0.6) is 0 Å². The number of carboxylic acid groups (broad SMARTS) is 1. The van der Waals surface area contributed by atoms with Crippen LogP contribution in [0.25, 0.3) is 0 Å². The number of hydrogen-bond donors (Lipinski definition) is 5. The Morgan fingerprint density at radius 3 is 2.56 bits per heavy atom. The predicted molar refractivity (Wildman–Crippen MR) is 63.3 cm³/mol. The van der Waals surface area contributed by atoms with Gasteiger partial charge in [0.05, 0.1) is 5.69 Å². The minimum absolute atomic E-state index is 0.0189. The number of anilines is 1. The van der Waals surface area contributed by atoms with E-state index in [2.05, 4.69) is 15.6 Å². The number of carbonyl (C=O) groups excluding carboxylic acids is 2. The van der Waals surface area contributed by atoms with Crippen LogP contribution in [0.2, 0.25) is 0 Å². The van der Waals surface area contributed by atoms with Crippen molar-refractivity contribution in [3.63, 3.8) is 0 Å². The Balaban J connectivity index is 2.82. The highest BCUT2D eigenvalue weighted by Gasteiger charge is 2.20. The lowest BCUT2D eigenvalue weighted by Gasteiger charge is -2.12. The fourth-order valence-electron chi connectivity index (χ4n) is 1.42. The average molecular weight is 254 g/mol. The molecule has 0 fully saturated rings. The van der Waals surface area contributed by atoms with Crippen molar-refractivity contribution in [2.75, 3.05) is 5.32 Å². The Kier molecular flexibility index (Phi) is 3.93. The number of carboxylic acids is 1. The van der Waals surface area contributed by atoms with Gasteiger partial charge in [0.2, 0.25) is 5.91 Å². The molecule has 0 aliphatic heterocycles. The van der Waals surface area contributed by atoms with Gasteiger partial charge in [-0.15, -0.1) is 0 Å². The number of aryl methyl sites for hydroxylation is 1. The highest BCUT2D eigenvalue weighted by Crippen LogP contribution is 2.19. The fraction of sp³-hybridized carbons (Fsp3) is 0.300. The summed E-state index contributed by atoms with van der Waals surface area (Å²) in [7, 11) is 0. The first kappa shape index (κ1) is 13.6. The number of hydrogen-bond acceptors (Lipinski definition) is 3. The van der Waals surface area contributed by atoms with Crippen LogP contribution in [0.1, 0.15) is 23.0 Å². The number of amides is 3. The second kappa shape index (κ2) is 5.21. The molecule has 0 saturated heterocycles. The van der Waals surface area contributed by atoms with Gasteiger partial charge >= 0.3 is 12.0 Å². The molecule has 1 heterocycles. The van der Waals surface area contributed by atoms with Gasteiger partial charge in [0.1, 0.15) is 11.6 Å². The highest BCUT2D eigenvalue weighted by atomic mass is 16.4. The lowest BCUT2D eigenvalue weighted by Crippen LogP contribution is -2.44. The smallest absolute Gasteiger partial charge is 0.339 e. The van der Waals surface area contributed by atoms with Gasteiger partial charge in [0.25, 0.3) is 0 Å². The van der Waals surface area contributed by atoms with Crippen molar-refractivity contribution >= 4 is 23.6 Å². The number of nitrogens with one attached hydrogen (secondary N) is 3. The maximum atomic E-state index is 11.6. The average Bonchev–Trinajstić information content (AvgIpc) is 2.58. The van der Waals surface area contributed by atoms with E-state index in [1.54, 1.807) is 6.92 Å². The number of rotatable bonds is 4. The van der Waals surface area contributed by atoms with Gasteiger partial charge in [-0.05, 0) is 13.8 Å². The van der Waals surface area contributed by atoms with E-state index in [-0.39, 0.29) is 11.3 Å². The normalized spacial score (nSPS) is 11.7. The number of carbonyl (C=O) groups is 3. The summed E-state index contributed by atoms with van der Waals surface area (Å²) in [6, 6.07) is -1.69. The lowest BCUT2D eigenvalue weighted by molar-refractivity contribution is -0.117. The van der Waals surface area contributed by atoms with E-state index in [1.165, 1.54) is 13.1 Å². The predicted octanol–water partition coefficient (Wildman–Crippen LogP) is 0.0166. The van der Waals surface area contributed by atoms with Gasteiger partial charge in [-0.1, -0.05) is 0 Å². The van der Waals surface area contributed by atoms with E-state index < -0.39 is 23.9 Å². The van der Waals surface area contributed by atoms with E-state index in [4.69, 9.17) is 10.8 Å². The molecule has 0 saturated carbocycles. The standard InChI is InChI=1S/C10H14N4O4/c1-4-7(9(16)17)6(3-12-4)14-8(15)5(2)13-10(11)18/h3,5,12H,1-2H3,(H,14,15)(H,16,17)(H3,11,13,18). The summed E-state index contributed by atoms with van der Waals surface area (Å²) >= 11 is 0. The zero-order valence-corrected chi connectivity index (χ0v) is 9.90. The molecule has 0 aromatic carbocycles. The molecule has 1 aromatic heterocycles. The van der Waals surface area contributed by atoms with E-state index in [1.807, 2.05) is 0 Å². The maximum Gasteiger partial charge on any atom is 0.339 e. The largest absolute Gasteiger partial charge is 0.478 e. The Bertz CT molecular complexity index is 494. The number of urea groups is 1. The van der Waals surface area contributed by atoms with Crippen LogP contribution in [-0.2, 0) is 4.79 Å². The van der Waals surface area contributed by atoms with Crippen molar-refractivity contribution in [1.29, 1.82) is 0 Å². The van der Waals surface area contributed by atoms with Crippen LogP contribution in [0.4, 0.5) is 10.5 Å². The Labute approximate surface area is 103 Å². The monoisotopic (exact) mass is 254 g/mol. The molecular weight excluding hydrogens is 240 g/mol.